The third-order valence-corrected chi connectivity index (χ3v) is 7.53. The molecule has 2 aliphatic rings. The minimum absolute atomic E-state index is 0.108. The largest absolute Gasteiger partial charge is 0.416 e. The number of alkyl halides is 3. The zero-order valence-corrected chi connectivity index (χ0v) is 18.4. The number of rotatable bonds is 4. The van der Waals surface area contributed by atoms with Gasteiger partial charge in [0.25, 0.3) is 11.2 Å². The highest BCUT2D eigenvalue weighted by molar-refractivity contribution is 7.22. The van der Waals surface area contributed by atoms with Gasteiger partial charge in [-0.05, 0) is 35.6 Å². The Balaban J connectivity index is 1.38. The smallest absolute Gasteiger partial charge is 0.347 e. The van der Waals surface area contributed by atoms with Gasteiger partial charge in [0.05, 0.1) is 15.9 Å². The lowest BCUT2D eigenvalue weighted by Gasteiger charge is -2.22. The van der Waals surface area contributed by atoms with Crippen molar-refractivity contribution in [3.05, 3.63) is 73.8 Å². The van der Waals surface area contributed by atoms with Crippen molar-refractivity contribution in [3.8, 4) is 0 Å². The van der Waals surface area contributed by atoms with Crippen molar-refractivity contribution in [1.82, 2.24) is 9.88 Å². The van der Waals surface area contributed by atoms with E-state index in [0.717, 1.165) is 30.0 Å². The summed E-state index contributed by atoms with van der Waals surface area (Å²) in [6.07, 6.45) is -4.82. The third-order valence-electron chi connectivity index (χ3n) is 6.37. The van der Waals surface area contributed by atoms with Gasteiger partial charge in [-0.15, -0.1) is 0 Å². The van der Waals surface area contributed by atoms with Crippen molar-refractivity contribution in [2.75, 3.05) is 31.1 Å². The highest BCUT2D eigenvalue weighted by Crippen LogP contribution is 2.40. The summed E-state index contributed by atoms with van der Waals surface area (Å²) in [4.78, 5) is 31.3. The van der Waals surface area contributed by atoms with Crippen molar-refractivity contribution < 1.29 is 22.5 Å². The molecular formula is C22H18F4N4O3S. The lowest BCUT2D eigenvalue weighted by atomic mass is 10.0. The van der Waals surface area contributed by atoms with E-state index >= 15 is 0 Å². The fraction of sp³-hybridized carbons (Fsp3) is 0.364. The fourth-order valence-electron chi connectivity index (χ4n) is 4.80. The van der Waals surface area contributed by atoms with Crippen molar-refractivity contribution >= 4 is 32.2 Å². The Bertz CT molecular complexity index is 1310. The van der Waals surface area contributed by atoms with Crippen molar-refractivity contribution in [1.29, 1.82) is 0 Å². The van der Waals surface area contributed by atoms with Crippen LogP contribution in [0.2, 0.25) is 0 Å². The van der Waals surface area contributed by atoms with Crippen LogP contribution in [0.4, 0.5) is 28.4 Å². The molecule has 1 aromatic heterocycles. The molecule has 2 atom stereocenters. The number of hydrogen-bond donors (Lipinski definition) is 0. The Morgan fingerprint density at radius 1 is 1.09 bits per heavy atom. The molecule has 3 heterocycles. The van der Waals surface area contributed by atoms with Crippen molar-refractivity contribution in [2.45, 2.75) is 12.7 Å². The van der Waals surface area contributed by atoms with E-state index in [-0.39, 0.29) is 15.6 Å². The number of anilines is 1. The van der Waals surface area contributed by atoms with Gasteiger partial charge in [0.2, 0.25) is 0 Å². The van der Waals surface area contributed by atoms with Crippen LogP contribution in [-0.2, 0) is 12.7 Å². The normalized spacial score (nSPS) is 20.8. The molecule has 2 unspecified atom stereocenters. The second-order valence-electron chi connectivity index (χ2n) is 8.67. The van der Waals surface area contributed by atoms with Gasteiger partial charge in [-0.25, -0.2) is 4.39 Å². The number of nitrogens with zero attached hydrogens (tertiary/aromatic N) is 4. The number of aromatic nitrogens is 1. The Hall–Kier alpha value is -3.12. The summed E-state index contributed by atoms with van der Waals surface area (Å²) < 4.78 is 52.5. The number of nitro groups is 1. The molecule has 2 fully saturated rings. The molecule has 178 valence electrons. The summed E-state index contributed by atoms with van der Waals surface area (Å²) in [6.45, 7) is 3.48. The highest BCUT2D eigenvalue weighted by Gasteiger charge is 2.41. The van der Waals surface area contributed by atoms with Crippen LogP contribution < -0.4 is 10.5 Å². The molecule has 0 spiro atoms. The molecule has 3 aromatic rings. The standard InChI is InChI=1S/C22H18F4N4O3S/c23-16-3-1-12(2-4-16)7-28-8-13-10-29(11-14(13)9-28)21-27-20(31)17-5-15(22(24,25)26)6-18(30(32)33)19(17)34-21/h1-6,13-14H,7-11H2. The molecule has 0 aliphatic carbocycles. The molecule has 7 nitrogen and oxygen atoms in total. The molecule has 0 saturated carbocycles. The first-order valence-electron chi connectivity index (χ1n) is 10.5. The van der Waals surface area contributed by atoms with Gasteiger partial charge in [-0.1, -0.05) is 23.5 Å². The van der Waals surface area contributed by atoms with Gasteiger partial charge in [0.1, 0.15) is 10.5 Å². The number of likely N-dealkylation sites (tertiary alicyclic amines) is 1. The van der Waals surface area contributed by atoms with Crippen molar-refractivity contribution in [3.63, 3.8) is 0 Å². The van der Waals surface area contributed by atoms with Gasteiger partial charge < -0.3 is 4.90 Å². The maximum absolute atomic E-state index is 13.2. The van der Waals surface area contributed by atoms with Crippen LogP contribution in [-0.4, -0.2) is 41.0 Å². The Labute approximate surface area is 194 Å². The Morgan fingerprint density at radius 2 is 1.74 bits per heavy atom. The minimum Gasteiger partial charge on any atom is -0.347 e. The first kappa shape index (κ1) is 22.7. The zero-order chi connectivity index (χ0) is 24.2. The summed E-state index contributed by atoms with van der Waals surface area (Å²) >= 11 is 0.873. The topological polar surface area (TPSA) is 79.6 Å². The molecule has 2 saturated heterocycles. The fourth-order valence-corrected chi connectivity index (χ4v) is 5.88. The van der Waals surface area contributed by atoms with Crippen LogP contribution in [0.1, 0.15) is 11.1 Å². The van der Waals surface area contributed by atoms with E-state index in [1.165, 1.54) is 12.1 Å². The maximum atomic E-state index is 13.2. The molecule has 0 amide bonds. The van der Waals surface area contributed by atoms with E-state index in [1.54, 1.807) is 12.1 Å². The molecule has 0 radical (unpaired) electrons. The van der Waals surface area contributed by atoms with E-state index in [4.69, 9.17) is 0 Å². The number of benzene rings is 2. The molecule has 5 rings (SSSR count). The number of halogens is 4. The predicted octanol–water partition coefficient (Wildman–Crippen LogP) is 4.29. The molecule has 0 bridgehead atoms. The average Bonchev–Trinajstić information content (AvgIpc) is 3.32. The van der Waals surface area contributed by atoms with E-state index in [2.05, 4.69) is 9.88 Å². The van der Waals surface area contributed by atoms with Crippen LogP contribution in [0.25, 0.3) is 10.1 Å². The highest BCUT2D eigenvalue weighted by atomic mass is 32.1. The van der Waals surface area contributed by atoms with Gasteiger partial charge in [-0.2, -0.15) is 18.2 Å². The molecule has 2 aromatic carbocycles. The summed E-state index contributed by atoms with van der Waals surface area (Å²) in [7, 11) is 0. The maximum Gasteiger partial charge on any atom is 0.416 e. The minimum atomic E-state index is -4.82. The zero-order valence-electron chi connectivity index (χ0n) is 17.6. The lowest BCUT2D eigenvalue weighted by Crippen LogP contribution is -2.29. The van der Waals surface area contributed by atoms with E-state index < -0.39 is 33.3 Å². The van der Waals surface area contributed by atoms with E-state index in [0.29, 0.717) is 43.6 Å². The summed E-state index contributed by atoms with van der Waals surface area (Å²) in [5.41, 5.74) is -1.89. The SMILES string of the molecule is O=c1nc(N2CC3CN(Cc4ccc(F)cc4)CC3C2)sc2c([N+](=O)[O-])cc(C(F)(F)F)cc12. The molecule has 2 aliphatic heterocycles. The van der Waals surface area contributed by atoms with Crippen LogP contribution >= 0.6 is 11.3 Å². The molecule has 12 heteroatoms. The van der Waals surface area contributed by atoms with Gasteiger partial charge in [0.15, 0.2) is 5.13 Å². The quantitative estimate of drug-likeness (QED) is 0.306. The lowest BCUT2D eigenvalue weighted by molar-refractivity contribution is -0.383. The van der Waals surface area contributed by atoms with Crippen LogP contribution in [0.5, 0.6) is 0 Å². The van der Waals surface area contributed by atoms with Crippen LogP contribution in [0.3, 0.4) is 0 Å². The van der Waals surface area contributed by atoms with Gasteiger partial charge in [-0.3, -0.25) is 19.8 Å². The van der Waals surface area contributed by atoms with Crippen LogP contribution in [0.15, 0.2) is 41.2 Å². The first-order chi connectivity index (χ1) is 16.1. The van der Waals surface area contributed by atoms with Crippen molar-refractivity contribution in [2.24, 2.45) is 11.8 Å². The van der Waals surface area contributed by atoms with Gasteiger partial charge in [0, 0.05) is 38.8 Å². The molecule has 34 heavy (non-hydrogen) atoms. The van der Waals surface area contributed by atoms with Crippen LogP contribution in [0, 0.1) is 27.8 Å². The molecule has 0 N–H and O–H groups in total. The summed E-state index contributed by atoms with van der Waals surface area (Å²) in [6, 6.07) is 7.46. The second-order valence-corrected chi connectivity index (χ2v) is 9.65. The average molecular weight is 494 g/mol. The Kier molecular flexibility index (Phi) is 5.52. The van der Waals surface area contributed by atoms with Gasteiger partial charge >= 0.3 is 6.18 Å². The van der Waals surface area contributed by atoms with E-state index in [9.17, 15) is 32.5 Å². The number of hydrogen-bond acceptors (Lipinski definition) is 7. The predicted molar refractivity (Wildman–Crippen MR) is 118 cm³/mol. The summed E-state index contributed by atoms with van der Waals surface area (Å²) in [5, 5.41) is 11.4. The monoisotopic (exact) mass is 494 g/mol. The second kappa shape index (κ2) is 8.27. The summed E-state index contributed by atoms with van der Waals surface area (Å²) in [5.74, 6) is 0.306. The number of non-ortho nitro benzene ring substituents is 1. The Morgan fingerprint density at radius 3 is 2.32 bits per heavy atom. The first-order valence-corrected chi connectivity index (χ1v) is 11.3. The van der Waals surface area contributed by atoms with E-state index in [1.807, 2.05) is 4.90 Å². The molecular weight excluding hydrogens is 476 g/mol. The number of fused-ring (bicyclic) bond motifs is 2. The number of nitro benzene ring substituents is 1. The third kappa shape index (κ3) is 4.23.